The SMILES string of the molecule is C=CC(NC)C(CC)(CC)N(CC)CC. The molecule has 0 radical (unpaired) electrons. The van der Waals surface area contributed by atoms with E-state index in [4.69, 9.17) is 0 Å². The van der Waals surface area contributed by atoms with Crippen LogP contribution in [0.4, 0.5) is 0 Å². The average molecular weight is 212 g/mol. The number of rotatable bonds is 8. The molecule has 0 aromatic heterocycles. The summed E-state index contributed by atoms with van der Waals surface area (Å²) < 4.78 is 0. The van der Waals surface area contributed by atoms with Gasteiger partial charge in [0.15, 0.2) is 0 Å². The van der Waals surface area contributed by atoms with Crippen molar-refractivity contribution in [3.05, 3.63) is 12.7 Å². The van der Waals surface area contributed by atoms with Crippen LogP contribution in [0.3, 0.4) is 0 Å². The third-order valence-corrected chi connectivity index (χ3v) is 3.74. The van der Waals surface area contributed by atoms with Gasteiger partial charge in [-0.15, -0.1) is 6.58 Å². The van der Waals surface area contributed by atoms with Gasteiger partial charge in [0, 0.05) is 11.6 Å². The third-order valence-electron chi connectivity index (χ3n) is 3.74. The van der Waals surface area contributed by atoms with Crippen molar-refractivity contribution in [3.8, 4) is 0 Å². The number of nitrogens with one attached hydrogen (secondary N) is 1. The lowest BCUT2D eigenvalue weighted by Gasteiger charge is -2.47. The molecule has 0 fully saturated rings. The van der Waals surface area contributed by atoms with Crippen molar-refractivity contribution < 1.29 is 0 Å². The average Bonchev–Trinajstić information content (AvgIpc) is 2.29. The molecular formula is C13H28N2. The molecule has 0 heterocycles. The smallest absolute Gasteiger partial charge is 0.0431 e. The zero-order valence-corrected chi connectivity index (χ0v) is 11.1. The summed E-state index contributed by atoms with van der Waals surface area (Å²) in [6.07, 6.45) is 4.36. The highest BCUT2D eigenvalue weighted by Crippen LogP contribution is 2.28. The minimum Gasteiger partial charge on any atom is -0.312 e. The molecule has 0 amide bonds. The third kappa shape index (κ3) is 2.82. The Morgan fingerprint density at radius 3 is 1.87 bits per heavy atom. The van der Waals surface area contributed by atoms with E-state index in [1.165, 1.54) is 0 Å². The second kappa shape index (κ2) is 7.02. The van der Waals surface area contributed by atoms with Gasteiger partial charge >= 0.3 is 0 Å². The van der Waals surface area contributed by atoms with E-state index in [1.807, 2.05) is 13.1 Å². The molecule has 0 saturated carbocycles. The summed E-state index contributed by atoms with van der Waals surface area (Å²) in [4.78, 5) is 2.55. The molecule has 0 bridgehead atoms. The van der Waals surface area contributed by atoms with Gasteiger partial charge in [-0.3, -0.25) is 4.90 Å². The summed E-state index contributed by atoms with van der Waals surface area (Å²) in [5.41, 5.74) is 0.222. The van der Waals surface area contributed by atoms with Gasteiger partial charge in [0.2, 0.25) is 0 Å². The van der Waals surface area contributed by atoms with E-state index in [1.54, 1.807) is 0 Å². The Morgan fingerprint density at radius 1 is 1.20 bits per heavy atom. The fraction of sp³-hybridized carbons (Fsp3) is 0.846. The van der Waals surface area contributed by atoms with Gasteiger partial charge in [-0.25, -0.2) is 0 Å². The second-order valence-corrected chi connectivity index (χ2v) is 3.99. The van der Waals surface area contributed by atoms with Crippen molar-refractivity contribution in [1.29, 1.82) is 0 Å². The molecule has 1 N–H and O–H groups in total. The number of hydrogen-bond donors (Lipinski definition) is 1. The van der Waals surface area contributed by atoms with Crippen LogP contribution in [-0.4, -0.2) is 36.6 Å². The lowest BCUT2D eigenvalue weighted by atomic mass is 9.82. The number of nitrogens with zero attached hydrogens (tertiary/aromatic N) is 1. The van der Waals surface area contributed by atoms with Crippen LogP contribution in [-0.2, 0) is 0 Å². The molecule has 1 atom stereocenters. The summed E-state index contributed by atoms with van der Waals surface area (Å²) in [6.45, 7) is 15.2. The van der Waals surface area contributed by atoms with Gasteiger partial charge in [-0.2, -0.15) is 0 Å². The minimum atomic E-state index is 0.222. The lowest BCUT2D eigenvalue weighted by molar-refractivity contribution is 0.0674. The standard InChI is InChI=1S/C13H28N2/c1-7-12(14-6)13(8-2,9-3)15(10-4)11-5/h7,12,14H,1,8-11H2,2-6H3. The first-order valence-corrected chi connectivity index (χ1v) is 6.21. The maximum Gasteiger partial charge on any atom is 0.0431 e. The molecule has 0 aliphatic heterocycles. The van der Waals surface area contributed by atoms with Crippen LogP contribution in [0.2, 0.25) is 0 Å². The first kappa shape index (κ1) is 14.7. The quantitative estimate of drug-likeness (QED) is 0.622. The monoisotopic (exact) mass is 212 g/mol. The molecule has 0 aliphatic carbocycles. The lowest BCUT2D eigenvalue weighted by Crippen LogP contribution is -2.59. The minimum absolute atomic E-state index is 0.222. The zero-order valence-electron chi connectivity index (χ0n) is 11.1. The van der Waals surface area contributed by atoms with Crippen LogP contribution >= 0.6 is 0 Å². The fourth-order valence-electron chi connectivity index (χ4n) is 2.79. The van der Waals surface area contributed by atoms with Gasteiger partial charge in [0.1, 0.15) is 0 Å². The molecule has 1 unspecified atom stereocenters. The Labute approximate surface area is 95.7 Å². The molecule has 90 valence electrons. The maximum atomic E-state index is 3.96. The van der Waals surface area contributed by atoms with E-state index in [-0.39, 0.29) is 5.54 Å². The van der Waals surface area contributed by atoms with Crippen LogP contribution < -0.4 is 5.32 Å². The second-order valence-electron chi connectivity index (χ2n) is 3.99. The molecule has 0 aromatic carbocycles. The highest BCUT2D eigenvalue weighted by Gasteiger charge is 2.37. The van der Waals surface area contributed by atoms with Gasteiger partial charge in [0.05, 0.1) is 0 Å². The van der Waals surface area contributed by atoms with Crippen molar-refractivity contribution in [2.45, 2.75) is 52.1 Å². The highest BCUT2D eigenvalue weighted by molar-refractivity contribution is 5.06. The van der Waals surface area contributed by atoms with Crippen molar-refractivity contribution in [3.63, 3.8) is 0 Å². The molecule has 2 heteroatoms. The van der Waals surface area contributed by atoms with Gasteiger partial charge in [-0.1, -0.05) is 33.8 Å². The summed E-state index contributed by atoms with van der Waals surface area (Å²) in [6, 6.07) is 0.368. The predicted octanol–water partition coefficient (Wildman–Crippen LogP) is 2.66. The Morgan fingerprint density at radius 2 is 1.67 bits per heavy atom. The maximum absolute atomic E-state index is 3.96. The molecule has 0 saturated heterocycles. The normalized spacial score (nSPS) is 14.3. The largest absolute Gasteiger partial charge is 0.312 e. The Balaban J connectivity index is 5.06. The summed E-state index contributed by atoms with van der Waals surface area (Å²) in [5.74, 6) is 0. The molecule has 0 spiro atoms. The topological polar surface area (TPSA) is 15.3 Å². The van der Waals surface area contributed by atoms with Gasteiger partial charge in [-0.05, 0) is 33.0 Å². The summed E-state index contributed by atoms with van der Waals surface area (Å²) in [5, 5.41) is 3.38. The van der Waals surface area contributed by atoms with Crippen LogP contribution in [0.5, 0.6) is 0 Å². The van der Waals surface area contributed by atoms with Crippen molar-refractivity contribution in [1.82, 2.24) is 10.2 Å². The molecule has 15 heavy (non-hydrogen) atoms. The van der Waals surface area contributed by atoms with Crippen LogP contribution in [0.1, 0.15) is 40.5 Å². The molecule has 0 aromatic rings. The van der Waals surface area contributed by atoms with Crippen LogP contribution in [0.15, 0.2) is 12.7 Å². The van der Waals surface area contributed by atoms with Gasteiger partial charge < -0.3 is 5.32 Å². The molecular weight excluding hydrogens is 184 g/mol. The number of hydrogen-bond acceptors (Lipinski definition) is 2. The van der Waals surface area contributed by atoms with Crippen molar-refractivity contribution in [2.24, 2.45) is 0 Å². The molecule has 0 rings (SSSR count). The number of likely N-dealkylation sites (N-methyl/N-ethyl adjacent to an activating group) is 2. The van der Waals surface area contributed by atoms with Crippen LogP contribution in [0.25, 0.3) is 0 Å². The zero-order chi connectivity index (χ0) is 11.9. The highest BCUT2D eigenvalue weighted by atomic mass is 15.2. The molecule has 2 nitrogen and oxygen atoms in total. The van der Waals surface area contributed by atoms with Gasteiger partial charge in [0.25, 0.3) is 0 Å². The van der Waals surface area contributed by atoms with Crippen molar-refractivity contribution >= 4 is 0 Å². The summed E-state index contributed by atoms with van der Waals surface area (Å²) >= 11 is 0. The molecule has 0 aliphatic rings. The Hall–Kier alpha value is -0.340. The van der Waals surface area contributed by atoms with E-state index in [2.05, 4.69) is 44.5 Å². The fourth-order valence-corrected chi connectivity index (χ4v) is 2.79. The van der Waals surface area contributed by atoms with E-state index in [0.717, 1.165) is 25.9 Å². The van der Waals surface area contributed by atoms with E-state index < -0.39 is 0 Å². The van der Waals surface area contributed by atoms with E-state index >= 15 is 0 Å². The Bertz CT molecular complexity index is 169. The predicted molar refractivity (Wildman–Crippen MR) is 69.3 cm³/mol. The Kier molecular flexibility index (Phi) is 6.86. The van der Waals surface area contributed by atoms with E-state index in [0.29, 0.717) is 6.04 Å². The first-order chi connectivity index (χ1) is 7.16. The summed E-state index contributed by atoms with van der Waals surface area (Å²) in [7, 11) is 2.02. The van der Waals surface area contributed by atoms with E-state index in [9.17, 15) is 0 Å². The van der Waals surface area contributed by atoms with Crippen LogP contribution in [0, 0.1) is 0 Å². The first-order valence-electron chi connectivity index (χ1n) is 6.21. The van der Waals surface area contributed by atoms with Crippen molar-refractivity contribution in [2.75, 3.05) is 20.1 Å².